The topological polar surface area (TPSA) is 237 Å². The summed E-state index contributed by atoms with van der Waals surface area (Å²) in [5.41, 5.74) is 7.75. The van der Waals surface area contributed by atoms with E-state index in [1.807, 2.05) is 4.90 Å². The van der Waals surface area contributed by atoms with Gasteiger partial charge in [0, 0.05) is 50.0 Å². The third-order valence-corrected chi connectivity index (χ3v) is 11.7. The van der Waals surface area contributed by atoms with Crippen molar-refractivity contribution in [1.29, 1.82) is 0 Å². The predicted molar refractivity (Wildman–Crippen MR) is 199 cm³/mol. The van der Waals surface area contributed by atoms with Crippen LogP contribution >= 0.6 is 0 Å². The smallest absolute Gasteiger partial charge is 0.262 e. The van der Waals surface area contributed by atoms with Gasteiger partial charge in [-0.05, 0) is 87.2 Å². The SMILES string of the molecule is CS(=O)(=O)c1ccc(Nc2nc(N3CCC[C@@H](NC(=O)C4CCN(Cc5ccc6c(c5)C(=O)N(C5CCC(=O)NC5=O)C6=O)CC4)C3)cnc2C(N)O)cc1. The molecular formula is C37H43N9O8S. The van der Waals surface area contributed by atoms with E-state index in [1.165, 1.54) is 18.3 Å². The van der Waals surface area contributed by atoms with Crippen LogP contribution in [0.3, 0.4) is 0 Å². The number of fused-ring (bicyclic) bond motifs is 1. The number of likely N-dealkylation sites (tertiary alicyclic amines) is 1. The van der Waals surface area contributed by atoms with Crippen LogP contribution in [0, 0.1) is 5.92 Å². The molecule has 0 saturated carbocycles. The van der Waals surface area contributed by atoms with Crippen LogP contribution in [0.15, 0.2) is 53.6 Å². The van der Waals surface area contributed by atoms with Crippen molar-refractivity contribution in [1.82, 2.24) is 30.4 Å². The van der Waals surface area contributed by atoms with E-state index in [0.717, 1.165) is 29.6 Å². The van der Waals surface area contributed by atoms with Gasteiger partial charge in [-0.2, -0.15) is 0 Å². The maximum absolute atomic E-state index is 13.4. The molecule has 3 atom stereocenters. The lowest BCUT2D eigenvalue weighted by molar-refractivity contribution is -0.136. The molecule has 3 fully saturated rings. The van der Waals surface area contributed by atoms with Crippen LogP contribution in [-0.4, -0.2) is 107 Å². The Labute approximate surface area is 317 Å². The van der Waals surface area contributed by atoms with Crippen LogP contribution in [0.25, 0.3) is 0 Å². The quantitative estimate of drug-likeness (QED) is 0.143. The van der Waals surface area contributed by atoms with E-state index in [-0.39, 0.29) is 58.2 Å². The zero-order chi connectivity index (χ0) is 39.0. The molecule has 4 aliphatic heterocycles. The fourth-order valence-electron chi connectivity index (χ4n) is 7.62. The number of piperidine rings is 3. The number of sulfone groups is 1. The number of anilines is 3. The molecular weight excluding hydrogens is 731 g/mol. The molecule has 3 aromatic rings. The Morgan fingerprint density at radius 2 is 1.73 bits per heavy atom. The second kappa shape index (κ2) is 15.4. The summed E-state index contributed by atoms with van der Waals surface area (Å²) >= 11 is 0. The van der Waals surface area contributed by atoms with Gasteiger partial charge in [0.25, 0.3) is 11.8 Å². The number of aliphatic hydroxyl groups is 1. The van der Waals surface area contributed by atoms with E-state index in [9.17, 15) is 37.5 Å². The van der Waals surface area contributed by atoms with Gasteiger partial charge in [-0.3, -0.25) is 39.1 Å². The molecule has 7 rings (SSSR count). The minimum atomic E-state index is -3.37. The van der Waals surface area contributed by atoms with Crippen molar-refractivity contribution in [2.75, 3.05) is 42.7 Å². The number of rotatable bonds is 10. The standard InChI is InChI=1S/C37H43N9O8S/c1-55(53,54)25-7-5-23(6-8-25)40-33-31(32(38)48)39-18-29(42-33)45-14-2-3-24(20-45)41-34(49)22-12-15-44(16-13-22)19-21-4-9-26-27(17-21)37(52)46(36(26)51)28-10-11-30(47)43-35(28)50/h4-9,17-18,22,24,28,32,48H,2-3,10-16,19-20,38H2,1H3,(H,40,42)(H,41,49)(H,43,47,50)/t24-,28?,32?/m1/s1. The molecule has 2 aromatic carbocycles. The number of amides is 5. The highest BCUT2D eigenvalue weighted by Crippen LogP contribution is 2.30. The molecule has 2 unspecified atom stereocenters. The molecule has 1 aromatic heterocycles. The summed E-state index contributed by atoms with van der Waals surface area (Å²) in [4.78, 5) is 78.2. The number of carbonyl (C=O) groups excluding carboxylic acids is 5. The molecule has 0 aliphatic carbocycles. The number of aromatic nitrogens is 2. The molecule has 0 radical (unpaired) electrons. The molecule has 55 heavy (non-hydrogen) atoms. The highest BCUT2D eigenvalue weighted by molar-refractivity contribution is 7.90. The van der Waals surface area contributed by atoms with Gasteiger partial charge in [-0.15, -0.1) is 0 Å². The maximum atomic E-state index is 13.4. The van der Waals surface area contributed by atoms with Crippen molar-refractivity contribution in [3.05, 3.63) is 71.0 Å². The minimum absolute atomic E-state index is 0.00531. The Hall–Kier alpha value is -5.30. The number of hydrogen-bond acceptors (Lipinski definition) is 14. The van der Waals surface area contributed by atoms with Gasteiger partial charge in [0.1, 0.15) is 23.8 Å². The Bertz CT molecular complexity index is 2140. The Balaban J connectivity index is 0.924. The molecule has 5 heterocycles. The van der Waals surface area contributed by atoms with Gasteiger partial charge < -0.3 is 26.4 Å². The molecule has 3 saturated heterocycles. The molecule has 0 bridgehead atoms. The summed E-state index contributed by atoms with van der Waals surface area (Å²) < 4.78 is 23.7. The Kier molecular flexibility index (Phi) is 10.7. The third-order valence-electron chi connectivity index (χ3n) is 10.6. The summed E-state index contributed by atoms with van der Waals surface area (Å²) in [6, 6.07) is 10.1. The van der Waals surface area contributed by atoms with E-state index in [2.05, 4.69) is 25.8 Å². The average molecular weight is 774 g/mol. The first-order valence-electron chi connectivity index (χ1n) is 18.2. The number of hydrogen-bond donors (Lipinski definition) is 5. The highest BCUT2D eigenvalue weighted by Gasteiger charge is 2.44. The van der Waals surface area contributed by atoms with Crippen molar-refractivity contribution in [2.45, 2.75) is 68.3 Å². The number of benzene rings is 2. The predicted octanol–water partition coefficient (Wildman–Crippen LogP) is 0.972. The average Bonchev–Trinajstić information content (AvgIpc) is 3.39. The Morgan fingerprint density at radius 1 is 1.00 bits per heavy atom. The van der Waals surface area contributed by atoms with Gasteiger partial charge in [-0.1, -0.05) is 6.07 Å². The summed E-state index contributed by atoms with van der Waals surface area (Å²) in [7, 11) is -3.37. The van der Waals surface area contributed by atoms with Crippen molar-refractivity contribution in [3.8, 4) is 0 Å². The van der Waals surface area contributed by atoms with Gasteiger partial charge in [-0.25, -0.2) is 18.4 Å². The van der Waals surface area contributed by atoms with E-state index in [4.69, 9.17) is 10.7 Å². The van der Waals surface area contributed by atoms with Crippen molar-refractivity contribution in [3.63, 3.8) is 0 Å². The molecule has 6 N–H and O–H groups in total. The highest BCUT2D eigenvalue weighted by atomic mass is 32.2. The number of nitrogens with zero attached hydrogens (tertiary/aromatic N) is 5. The van der Waals surface area contributed by atoms with Crippen molar-refractivity contribution >= 4 is 56.7 Å². The molecule has 17 nitrogen and oxygen atoms in total. The molecule has 18 heteroatoms. The zero-order valence-electron chi connectivity index (χ0n) is 30.2. The summed E-state index contributed by atoms with van der Waals surface area (Å²) in [6.45, 7) is 3.06. The van der Waals surface area contributed by atoms with Crippen LogP contribution in [0.1, 0.15) is 76.7 Å². The normalized spacial score (nSPS) is 21.7. The van der Waals surface area contributed by atoms with Gasteiger partial charge >= 0.3 is 0 Å². The number of imide groups is 2. The minimum Gasteiger partial charge on any atom is -0.373 e. The summed E-state index contributed by atoms with van der Waals surface area (Å²) in [5, 5.41) is 18.7. The third kappa shape index (κ3) is 8.22. The lowest BCUT2D eigenvalue weighted by atomic mass is 9.94. The number of nitrogens with one attached hydrogen (secondary N) is 3. The Morgan fingerprint density at radius 3 is 2.42 bits per heavy atom. The molecule has 0 spiro atoms. The maximum Gasteiger partial charge on any atom is 0.262 e. The van der Waals surface area contributed by atoms with E-state index >= 15 is 0 Å². The largest absolute Gasteiger partial charge is 0.373 e. The monoisotopic (exact) mass is 773 g/mol. The van der Waals surface area contributed by atoms with Crippen LogP contribution in [-0.2, 0) is 30.8 Å². The first-order chi connectivity index (χ1) is 26.2. The summed E-state index contributed by atoms with van der Waals surface area (Å²) in [6.07, 6.45) is 4.33. The second-order valence-electron chi connectivity index (χ2n) is 14.5. The second-order valence-corrected chi connectivity index (χ2v) is 16.5. The van der Waals surface area contributed by atoms with Crippen molar-refractivity contribution < 1.29 is 37.5 Å². The van der Waals surface area contributed by atoms with Crippen molar-refractivity contribution in [2.24, 2.45) is 11.7 Å². The number of nitrogens with two attached hydrogens (primary N) is 1. The molecule has 4 aliphatic rings. The molecule has 290 valence electrons. The van der Waals surface area contributed by atoms with E-state index < -0.39 is 45.7 Å². The van der Waals surface area contributed by atoms with E-state index in [0.29, 0.717) is 57.1 Å². The van der Waals surface area contributed by atoms with Gasteiger partial charge in [0.2, 0.25) is 17.7 Å². The fraction of sp³-hybridized carbons (Fsp3) is 0.432. The number of aliphatic hydroxyl groups excluding tert-OH is 1. The molecule has 5 amide bonds. The van der Waals surface area contributed by atoms with Crippen LogP contribution in [0.4, 0.5) is 17.3 Å². The summed E-state index contributed by atoms with van der Waals surface area (Å²) in [5.74, 6) is -1.55. The van der Waals surface area contributed by atoms with Crippen LogP contribution < -0.4 is 26.6 Å². The van der Waals surface area contributed by atoms with Crippen LogP contribution in [0.2, 0.25) is 0 Å². The lowest BCUT2D eigenvalue weighted by Crippen LogP contribution is -2.54. The first-order valence-corrected chi connectivity index (χ1v) is 20.1. The first kappa shape index (κ1) is 38.0. The number of carbonyl (C=O) groups is 5. The zero-order valence-corrected chi connectivity index (χ0v) is 31.0. The fourth-order valence-corrected chi connectivity index (χ4v) is 8.25. The van der Waals surface area contributed by atoms with Gasteiger partial charge in [0.15, 0.2) is 15.7 Å². The van der Waals surface area contributed by atoms with Crippen LogP contribution in [0.5, 0.6) is 0 Å². The lowest BCUT2D eigenvalue weighted by Gasteiger charge is -2.36. The van der Waals surface area contributed by atoms with Gasteiger partial charge in [0.05, 0.1) is 22.2 Å². The van der Waals surface area contributed by atoms with E-state index in [1.54, 1.807) is 30.3 Å².